The molecular formula is C12H25NO3. The average Bonchev–Trinajstić information content (AvgIpc) is 2.25. The van der Waals surface area contributed by atoms with Crippen LogP contribution in [0.4, 0.5) is 0 Å². The summed E-state index contributed by atoms with van der Waals surface area (Å²) in [7, 11) is 0. The molecule has 0 unspecified atom stereocenters. The van der Waals surface area contributed by atoms with Crippen LogP contribution >= 0.6 is 0 Å². The monoisotopic (exact) mass is 231 g/mol. The van der Waals surface area contributed by atoms with Crippen LogP contribution in [0.3, 0.4) is 0 Å². The average molecular weight is 231 g/mol. The van der Waals surface area contributed by atoms with Crippen molar-refractivity contribution in [2.24, 2.45) is 0 Å². The van der Waals surface area contributed by atoms with Crippen LogP contribution in [0.2, 0.25) is 0 Å². The van der Waals surface area contributed by atoms with Crippen LogP contribution in [0.25, 0.3) is 0 Å². The second kappa shape index (κ2) is 7.22. The lowest BCUT2D eigenvalue weighted by atomic mass is 10.1. The largest absolute Gasteiger partial charge is 0.376 e. The third-order valence-corrected chi connectivity index (χ3v) is 3.10. The molecule has 0 aromatic rings. The van der Waals surface area contributed by atoms with E-state index in [1.807, 2.05) is 13.8 Å². The maximum absolute atomic E-state index is 5.60. The third-order valence-electron chi connectivity index (χ3n) is 3.10. The minimum Gasteiger partial charge on any atom is -0.376 e. The van der Waals surface area contributed by atoms with Gasteiger partial charge >= 0.3 is 0 Å². The fourth-order valence-electron chi connectivity index (χ4n) is 1.97. The predicted molar refractivity (Wildman–Crippen MR) is 63.5 cm³/mol. The molecule has 1 aliphatic rings. The Bertz CT molecular complexity index is 183. The zero-order valence-electron chi connectivity index (χ0n) is 10.9. The van der Waals surface area contributed by atoms with E-state index in [1.54, 1.807) is 0 Å². The van der Waals surface area contributed by atoms with E-state index in [1.165, 1.54) is 0 Å². The van der Waals surface area contributed by atoms with Crippen molar-refractivity contribution < 1.29 is 14.2 Å². The van der Waals surface area contributed by atoms with Crippen molar-refractivity contribution >= 4 is 0 Å². The molecule has 1 fully saturated rings. The highest BCUT2D eigenvalue weighted by Gasteiger charge is 2.27. The Morgan fingerprint density at radius 3 is 2.44 bits per heavy atom. The van der Waals surface area contributed by atoms with E-state index in [0.29, 0.717) is 19.3 Å². The van der Waals surface area contributed by atoms with Crippen LogP contribution in [0, 0.1) is 0 Å². The molecule has 2 atom stereocenters. The van der Waals surface area contributed by atoms with Crippen molar-refractivity contribution in [3.63, 3.8) is 0 Å². The number of rotatable bonds is 6. The Kier molecular flexibility index (Phi) is 6.28. The van der Waals surface area contributed by atoms with Crippen LogP contribution in [0.5, 0.6) is 0 Å². The van der Waals surface area contributed by atoms with Crippen molar-refractivity contribution in [2.45, 2.75) is 46.1 Å². The molecule has 0 amide bonds. The first-order valence-corrected chi connectivity index (χ1v) is 6.27. The molecule has 0 spiro atoms. The summed E-state index contributed by atoms with van der Waals surface area (Å²) < 4.78 is 16.7. The summed E-state index contributed by atoms with van der Waals surface area (Å²) >= 11 is 0. The fourth-order valence-corrected chi connectivity index (χ4v) is 1.97. The zero-order valence-corrected chi connectivity index (χ0v) is 10.9. The molecule has 16 heavy (non-hydrogen) atoms. The summed E-state index contributed by atoms with van der Waals surface area (Å²) in [5.74, 6) is 0. The lowest BCUT2D eigenvalue weighted by molar-refractivity contribution is -0.163. The van der Waals surface area contributed by atoms with Crippen molar-refractivity contribution in [3.8, 4) is 0 Å². The molecular weight excluding hydrogens is 206 g/mol. The molecule has 0 radical (unpaired) electrons. The molecule has 1 heterocycles. The van der Waals surface area contributed by atoms with Crippen LogP contribution < -0.4 is 0 Å². The van der Waals surface area contributed by atoms with Gasteiger partial charge in [0.2, 0.25) is 0 Å². The molecule has 0 saturated carbocycles. The van der Waals surface area contributed by atoms with Gasteiger partial charge < -0.3 is 14.2 Å². The van der Waals surface area contributed by atoms with Gasteiger partial charge in [-0.25, -0.2) is 0 Å². The van der Waals surface area contributed by atoms with Crippen molar-refractivity contribution in [1.29, 1.82) is 0 Å². The third kappa shape index (κ3) is 4.01. The smallest absolute Gasteiger partial charge is 0.170 e. The number of morpholine rings is 1. The van der Waals surface area contributed by atoms with Crippen molar-refractivity contribution in [3.05, 3.63) is 0 Å². The summed E-state index contributed by atoms with van der Waals surface area (Å²) in [6.45, 7) is 12.3. The van der Waals surface area contributed by atoms with E-state index in [-0.39, 0.29) is 12.4 Å². The molecule has 4 nitrogen and oxygen atoms in total. The Hall–Kier alpha value is -0.160. The number of hydrogen-bond acceptors (Lipinski definition) is 4. The van der Waals surface area contributed by atoms with Gasteiger partial charge in [-0.2, -0.15) is 0 Å². The Balaban J connectivity index is 2.42. The molecule has 0 aromatic heterocycles. The first kappa shape index (κ1) is 13.9. The van der Waals surface area contributed by atoms with Gasteiger partial charge in [0.1, 0.15) is 0 Å². The molecule has 1 aliphatic heterocycles. The molecule has 1 rings (SSSR count). The summed E-state index contributed by atoms with van der Waals surface area (Å²) in [4.78, 5) is 2.38. The summed E-state index contributed by atoms with van der Waals surface area (Å²) in [5, 5.41) is 0. The highest BCUT2D eigenvalue weighted by molar-refractivity contribution is 4.78. The van der Waals surface area contributed by atoms with Gasteiger partial charge in [0.25, 0.3) is 0 Å². The molecule has 0 aromatic carbocycles. The minimum atomic E-state index is -0.109. The van der Waals surface area contributed by atoms with Crippen LogP contribution in [-0.2, 0) is 14.2 Å². The van der Waals surface area contributed by atoms with E-state index in [4.69, 9.17) is 14.2 Å². The van der Waals surface area contributed by atoms with Crippen LogP contribution in [0.15, 0.2) is 0 Å². The lowest BCUT2D eigenvalue weighted by Gasteiger charge is -2.39. The van der Waals surface area contributed by atoms with Crippen LogP contribution in [0.1, 0.15) is 27.7 Å². The van der Waals surface area contributed by atoms with Gasteiger partial charge in [-0.05, 0) is 27.7 Å². The second-order valence-corrected chi connectivity index (χ2v) is 4.15. The Labute approximate surface area is 98.8 Å². The number of hydrogen-bond donors (Lipinski definition) is 0. The molecule has 0 aliphatic carbocycles. The predicted octanol–water partition coefficient (Wildman–Crippen LogP) is 1.49. The van der Waals surface area contributed by atoms with Gasteiger partial charge in [-0.3, -0.25) is 4.90 Å². The number of ether oxygens (including phenoxy) is 3. The Morgan fingerprint density at radius 1 is 1.25 bits per heavy atom. The quantitative estimate of drug-likeness (QED) is 0.648. The SMILES string of the molecule is CCOC(CN1CCO[C@H](C)[C@H]1C)OCC. The molecule has 96 valence electrons. The van der Waals surface area contributed by atoms with Gasteiger partial charge in [0.15, 0.2) is 6.29 Å². The minimum absolute atomic E-state index is 0.109. The van der Waals surface area contributed by atoms with Crippen molar-refractivity contribution in [2.75, 3.05) is 32.9 Å². The summed E-state index contributed by atoms with van der Waals surface area (Å²) in [6, 6.07) is 0.428. The highest BCUT2D eigenvalue weighted by Crippen LogP contribution is 2.14. The summed E-state index contributed by atoms with van der Waals surface area (Å²) in [6.07, 6.45) is 0.181. The maximum Gasteiger partial charge on any atom is 0.170 e. The zero-order chi connectivity index (χ0) is 12.0. The maximum atomic E-state index is 5.60. The van der Waals surface area contributed by atoms with E-state index >= 15 is 0 Å². The van der Waals surface area contributed by atoms with Crippen LogP contribution in [-0.4, -0.2) is 56.2 Å². The van der Waals surface area contributed by atoms with Gasteiger partial charge in [-0.1, -0.05) is 0 Å². The van der Waals surface area contributed by atoms with E-state index in [0.717, 1.165) is 19.7 Å². The highest BCUT2D eigenvalue weighted by atomic mass is 16.7. The fraction of sp³-hybridized carbons (Fsp3) is 1.00. The van der Waals surface area contributed by atoms with Gasteiger partial charge in [0.05, 0.1) is 12.7 Å². The standard InChI is InChI=1S/C12H25NO3/c1-5-14-12(15-6-2)9-13-7-8-16-11(4)10(13)3/h10-12H,5-9H2,1-4H3/t10-,11-/m1/s1. The van der Waals surface area contributed by atoms with E-state index < -0.39 is 0 Å². The normalized spacial score (nSPS) is 27.6. The first-order chi connectivity index (χ1) is 7.69. The topological polar surface area (TPSA) is 30.9 Å². The lowest BCUT2D eigenvalue weighted by Crippen LogP contribution is -2.51. The first-order valence-electron chi connectivity index (χ1n) is 6.27. The summed E-state index contributed by atoms with van der Waals surface area (Å²) in [5.41, 5.74) is 0. The van der Waals surface area contributed by atoms with E-state index in [9.17, 15) is 0 Å². The Morgan fingerprint density at radius 2 is 1.88 bits per heavy atom. The number of nitrogens with zero attached hydrogens (tertiary/aromatic N) is 1. The molecule has 4 heteroatoms. The second-order valence-electron chi connectivity index (χ2n) is 4.15. The van der Waals surface area contributed by atoms with Gasteiger partial charge in [0, 0.05) is 32.3 Å². The van der Waals surface area contributed by atoms with Gasteiger partial charge in [-0.15, -0.1) is 0 Å². The van der Waals surface area contributed by atoms with E-state index in [2.05, 4.69) is 18.7 Å². The van der Waals surface area contributed by atoms with Crippen molar-refractivity contribution in [1.82, 2.24) is 4.90 Å². The molecule has 0 N–H and O–H groups in total. The molecule has 1 saturated heterocycles. The molecule has 0 bridgehead atoms.